The second-order valence-corrected chi connectivity index (χ2v) is 6.55. The van der Waals surface area contributed by atoms with Crippen molar-refractivity contribution < 1.29 is 4.42 Å². The largest absolute Gasteiger partial charge is 0.467 e. The van der Waals surface area contributed by atoms with E-state index in [1.807, 2.05) is 6.07 Å². The van der Waals surface area contributed by atoms with Crippen LogP contribution >= 0.6 is 0 Å². The van der Waals surface area contributed by atoms with Gasteiger partial charge in [0, 0.05) is 17.9 Å². The van der Waals surface area contributed by atoms with Crippen LogP contribution in [0.5, 0.6) is 0 Å². The lowest BCUT2D eigenvalue weighted by Crippen LogP contribution is -2.43. The summed E-state index contributed by atoms with van der Waals surface area (Å²) in [5.41, 5.74) is 2.53. The normalized spacial score (nSPS) is 21.5. The lowest BCUT2D eigenvalue weighted by molar-refractivity contribution is 0.261. The van der Waals surface area contributed by atoms with Crippen molar-refractivity contribution in [3.8, 4) is 0 Å². The van der Waals surface area contributed by atoms with Gasteiger partial charge >= 0.3 is 0 Å². The van der Waals surface area contributed by atoms with Crippen LogP contribution in [0.1, 0.15) is 43.4 Å². The molecule has 4 rings (SSSR count). The molecule has 2 heterocycles. The standard InChI is InChI=1S/C19H22N2O/c1-3-7-15(8-4-1)14-20-18-19(10-5-2-6-11-19)13-17-16(21-18)9-12-22-17/h1,3-4,7-9,12H,2,5-6,10-11,13-14H2,(H,20,21). The zero-order valence-electron chi connectivity index (χ0n) is 12.8. The third-order valence-electron chi connectivity index (χ3n) is 5.07. The minimum Gasteiger partial charge on any atom is -0.467 e. The second kappa shape index (κ2) is 5.64. The zero-order valence-corrected chi connectivity index (χ0v) is 12.8. The molecule has 3 heteroatoms. The monoisotopic (exact) mass is 294 g/mol. The van der Waals surface area contributed by atoms with Crippen LogP contribution in [0.3, 0.4) is 0 Å². The zero-order chi connectivity index (χ0) is 14.8. The van der Waals surface area contributed by atoms with E-state index in [9.17, 15) is 0 Å². The van der Waals surface area contributed by atoms with E-state index >= 15 is 0 Å². The second-order valence-electron chi connectivity index (χ2n) is 6.55. The molecule has 0 unspecified atom stereocenters. The molecule has 1 aliphatic heterocycles. The highest BCUT2D eigenvalue weighted by molar-refractivity contribution is 6.02. The number of amidine groups is 1. The highest BCUT2D eigenvalue weighted by Crippen LogP contribution is 2.45. The van der Waals surface area contributed by atoms with Crippen molar-refractivity contribution in [2.45, 2.75) is 45.1 Å². The molecule has 3 nitrogen and oxygen atoms in total. The molecule has 0 saturated heterocycles. The first-order chi connectivity index (χ1) is 10.9. The summed E-state index contributed by atoms with van der Waals surface area (Å²) in [6.07, 6.45) is 9.15. The van der Waals surface area contributed by atoms with Crippen LogP contribution in [0.2, 0.25) is 0 Å². The Balaban J connectivity index is 1.65. The fourth-order valence-electron chi connectivity index (χ4n) is 3.84. The van der Waals surface area contributed by atoms with E-state index < -0.39 is 0 Å². The van der Waals surface area contributed by atoms with Crippen LogP contribution in [0.4, 0.5) is 5.69 Å². The molecule has 0 amide bonds. The van der Waals surface area contributed by atoms with Gasteiger partial charge in [0.1, 0.15) is 11.6 Å². The number of furan rings is 1. The maximum atomic E-state index is 5.68. The van der Waals surface area contributed by atoms with Crippen molar-refractivity contribution in [3.05, 3.63) is 54.0 Å². The number of aliphatic imine (C=N–C) groups is 1. The third-order valence-corrected chi connectivity index (χ3v) is 5.07. The first-order valence-electron chi connectivity index (χ1n) is 8.28. The van der Waals surface area contributed by atoms with E-state index in [0.29, 0.717) is 0 Å². The summed E-state index contributed by atoms with van der Waals surface area (Å²) in [5, 5.41) is 3.56. The molecule has 2 aliphatic rings. The smallest absolute Gasteiger partial charge is 0.128 e. The van der Waals surface area contributed by atoms with Gasteiger partial charge in [0.2, 0.25) is 0 Å². The Morgan fingerprint density at radius 2 is 1.86 bits per heavy atom. The van der Waals surface area contributed by atoms with Gasteiger partial charge in [-0.25, -0.2) is 0 Å². The molecule has 0 atom stereocenters. The van der Waals surface area contributed by atoms with E-state index in [-0.39, 0.29) is 5.41 Å². The fraction of sp³-hybridized carbons (Fsp3) is 0.421. The summed E-state index contributed by atoms with van der Waals surface area (Å²) >= 11 is 0. The third kappa shape index (κ3) is 2.45. The predicted molar refractivity (Wildman–Crippen MR) is 89.1 cm³/mol. The van der Waals surface area contributed by atoms with Crippen molar-refractivity contribution in [2.24, 2.45) is 10.4 Å². The summed E-state index contributed by atoms with van der Waals surface area (Å²) in [6.45, 7) is 0.748. The molecule has 1 aromatic carbocycles. The first-order valence-corrected chi connectivity index (χ1v) is 8.28. The molecule has 0 radical (unpaired) electrons. The molecule has 1 aliphatic carbocycles. The molecular formula is C19H22N2O. The van der Waals surface area contributed by atoms with E-state index in [1.54, 1.807) is 6.26 Å². The quantitative estimate of drug-likeness (QED) is 0.864. The lowest BCUT2D eigenvalue weighted by Gasteiger charge is -2.41. The van der Waals surface area contributed by atoms with Crippen molar-refractivity contribution in [2.75, 3.05) is 5.32 Å². The van der Waals surface area contributed by atoms with Gasteiger partial charge in [0.05, 0.1) is 18.5 Å². The average molecular weight is 294 g/mol. The van der Waals surface area contributed by atoms with Crippen LogP contribution in [-0.2, 0) is 13.0 Å². The Morgan fingerprint density at radius 1 is 1.05 bits per heavy atom. The van der Waals surface area contributed by atoms with Crippen LogP contribution in [0, 0.1) is 5.41 Å². The Bertz CT molecular complexity index is 666. The number of fused-ring (bicyclic) bond motifs is 1. The number of benzene rings is 1. The maximum absolute atomic E-state index is 5.68. The average Bonchev–Trinajstić information content (AvgIpc) is 3.01. The lowest BCUT2D eigenvalue weighted by atomic mass is 9.69. The first kappa shape index (κ1) is 13.6. The molecule has 1 fully saturated rings. The fourth-order valence-corrected chi connectivity index (χ4v) is 3.84. The van der Waals surface area contributed by atoms with Gasteiger partial charge in [-0.15, -0.1) is 0 Å². The summed E-state index contributed by atoms with van der Waals surface area (Å²) in [5.74, 6) is 2.27. The summed E-state index contributed by atoms with van der Waals surface area (Å²) in [7, 11) is 0. The summed E-state index contributed by atoms with van der Waals surface area (Å²) in [4.78, 5) is 4.97. The van der Waals surface area contributed by atoms with Crippen LogP contribution < -0.4 is 5.32 Å². The predicted octanol–water partition coefficient (Wildman–Crippen LogP) is 4.80. The number of nitrogens with zero attached hydrogens (tertiary/aromatic N) is 1. The van der Waals surface area contributed by atoms with Crippen LogP contribution in [-0.4, -0.2) is 5.84 Å². The minimum absolute atomic E-state index is 0.165. The van der Waals surface area contributed by atoms with Crippen molar-refractivity contribution in [3.63, 3.8) is 0 Å². The van der Waals surface area contributed by atoms with Gasteiger partial charge in [-0.1, -0.05) is 49.6 Å². The number of anilines is 1. The highest BCUT2D eigenvalue weighted by Gasteiger charge is 2.42. The molecule has 22 heavy (non-hydrogen) atoms. The van der Waals surface area contributed by atoms with Crippen molar-refractivity contribution >= 4 is 11.5 Å². The van der Waals surface area contributed by atoms with E-state index in [4.69, 9.17) is 9.41 Å². The van der Waals surface area contributed by atoms with Crippen molar-refractivity contribution in [1.29, 1.82) is 0 Å². The molecular weight excluding hydrogens is 272 g/mol. The summed E-state index contributed by atoms with van der Waals surface area (Å²) in [6, 6.07) is 12.5. The number of rotatable bonds is 2. The molecule has 0 bridgehead atoms. The van der Waals surface area contributed by atoms with E-state index in [2.05, 4.69) is 35.6 Å². The van der Waals surface area contributed by atoms with Crippen LogP contribution in [0.25, 0.3) is 0 Å². The number of hydrogen-bond donors (Lipinski definition) is 1. The molecule has 1 aromatic heterocycles. The van der Waals surface area contributed by atoms with Gasteiger partial charge in [-0.3, -0.25) is 4.99 Å². The van der Waals surface area contributed by atoms with Gasteiger partial charge in [0.25, 0.3) is 0 Å². The van der Waals surface area contributed by atoms with Gasteiger partial charge in [-0.05, 0) is 18.4 Å². The maximum Gasteiger partial charge on any atom is 0.128 e. The highest BCUT2D eigenvalue weighted by atomic mass is 16.3. The van der Waals surface area contributed by atoms with E-state index in [1.165, 1.54) is 43.5 Å². The van der Waals surface area contributed by atoms with Gasteiger partial charge in [0.15, 0.2) is 0 Å². The van der Waals surface area contributed by atoms with E-state index in [0.717, 1.165) is 24.4 Å². The number of nitrogens with one attached hydrogen (secondary N) is 1. The van der Waals surface area contributed by atoms with Crippen LogP contribution in [0.15, 0.2) is 52.1 Å². The topological polar surface area (TPSA) is 37.5 Å². The van der Waals surface area contributed by atoms with Gasteiger partial charge in [-0.2, -0.15) is 0 Å². The minimum atomic E-state index is 0.165. The molecule has 1 N–H and O–H groups in total. The Morgan fingerprint density at radius 3 is 2.68 bits per heavy atom. The van der Waals surface area contributed by atoms with Gasteiger partial charge < -0.3 is 9.73 Å². The molecule has 1 spiro atoms. The molecule has 2 aromatic rings. The summed E-state index contributed by atoms with van der Waals surface area (Å²) < 4.78 is 5.68. The number of hydrogen-bond acceptors (Lipinski definition) is 2. The van der Waals surface area contributed by atoms with Crippen molar-refractivity contribution in [1.82, 2.24) is 0 Å². The molecule has 114 valence electrons. The Kier molecular flexibility index (Phi) is 3.49. The molecule has 1 saturated carbocycles. The Hall–Kier alpha value is -2.03. The SMILES string of the molecule is c1ccc(CN=C2Nc3ccoc3CC23CCCCC3)cc1. The Labute approximate surface area is 131 Å².